The van der Waals surface area contributed by atoms with Crippen molar-refractivity contribution in [2.24, 2.45) is 0 Å². The fraction of sp³-hybridized carbons (Fsp3) is 0.190. The minimum atomic E-state index is -0.677. The van der Waals surface area contributed by atoms with Gasteiger partial charge in [0, 0.05) is 10.9 Å². The Morgan fingerprint density at radius 2 is 2.00 bits per heavy atom. The predicted molar refractivity (Wildman–Crippen MR) is 108 cm³/mol. The molecule has 0 atom stereocenters. The van der Waals surface area contributed by atoms with Crippen molar-refractivity contribution in [1.82, 2.24) is 0 Å². The van der Waals surface area contributed by atoms with Gasteiger partial charge in [0.2, 0.25) is 0 Å². The van der Waals surface area contributed by atoms with E-state index in [2.05, 4.69) is 5.32 Å². The number of nitrogens with one attached hydrogen (secondary N) is 1. The Bertz CT molecular complexity index is 1040. The molecule has 0 aliphatic heterocycles. The van der Waals surface area contributed by atoms with E-state index in [-0.39, 0.29) is 23.6 Å². The van der Waals surface area contributed by atoms with Crippen molar-refractivity contribution in [3.63, 3.8) is 0 Å². The van der Waals surface area contributed by atoms with Crippen molar-refractivity contribution in [1.29, 1.82) is 0 Å². The zero-order valence-electron chi connectivity index (χ0n) is 16.0. The largest absolute Gasteiger partial charge is 0.464 e. The van der Waals surface area contributed by atoms with Gasteiger partial charge in [-0.15, -0.1) is 11.3 Å². The predicted octanol–water partition coefficient (Wildman–Crippen LogP) is 4.05. The maximum atomic E-state index is 13.2. The van der Waals surface area contributed by atoms with Crippen LogP contribution in [0.5, 0.6) is 0 Å². The third-order valence-corrected chi connectivity index (χ3v) is 4.81. The Morgan fingerprint density at radius 1 is 1.17 bits per heavy atom. The molecule has 0 saturated heterocycles. The van der Waals surface area contributed by atoms with Crippen LogP contribution in [0.3, 0.4) is 0 Å². The summed E-state index contributed by atoms with van der Waals surface area (Å²) in [6.07, 6.45) is 1.30. The molecule has 0 unspecified atom stereocenters. The van der Waals surface area contributed by atoms with E-state index in [1.54, 1.807) is 30.5 Å². The highest BCUT2D eigenvalue weighted by Gasteiger charge is 2.24. The van der Waals surface area contributed by atoms with Crippen LogP contribution in [0.15, 0.2) is 52.5 Å². The zero-order valence-corrected chi connectivity index (χ0v) is 16.8. The summed E-state index contributed by atoms with van der Waals surface area (Å²) in [7, 11) is 0. The van der Waals surface area contributed by atoms with Crippen LogP contribution in [0.2, 0.25) is 0 Å². The number of furan rings is 1. The Labute approximate surface area is 175 Å². The van der Waals surface area contributed by atoms with E-state index < -0.39 is 30.3 Å². The lowest BCUT2D eigenvalue weighted by molar-refractivity contribution is -0.146. The Morgan fingerprint density at radius 3 is 2.70 bits per heavy atom. The standard InChI is InChI=1S/C21H18FNO6S/c1-2-27-21(26)19-15(16-7-4-8-28-16)12-30-20(19)23-17(24)11-29-18(25)10-13-5-3-6-14(22)9-13/h3-9,12H,2,10-11H2,1H3,(H,23,24). The minimum Gasteiger partial charge on any atom is -0.464 e. The molecule has 3 aromatic rings. The van der Waals surface area contributed by atoms with Gasteiger partial charge in [0.05, 0.1) is 19.3 Å². The molecule has 30 heavy (non-hydrogen) atoms. The summed E-state index contributed by atoms with van der Waals surface area (Å²) in [6, 6.07) is 8.91. The van der Waals surface area contributed by atoms with E-state index >= 15 is 0 Å². The third kappa shape index (κ3) is 5.32. The van der Waals surface area contributed by atoms with E-state index in [0.717, 1.165) is 11.3 Å². The third-order valence-electron chi connectivity index (χ3n) is 3.91. The first-order valence-corrected chi connectivity index (χ1v) is 9.88. The van der Waals surface area contributed by atoms with Crippen LogP contribution in [0, 0.1) is 5.82 Å². The second-order valence-corrected chi connectivity index (χ2v) is 6.95. The maximum absolute atomic E-state index is 13.2. The van der Waals surface area contributed by atoms with E-state index in [4.69, 9.17) is 13.9 Å². The number of halogens is 1. The smallest absolute Gasteiger partial charge is 0.341 e. The number of benzene rings is 1. The molecule has 0 saturated carbocycles. The number of carbonyl (C=O) groups excluding carboxylic acids is 3. The highest BCUT2D eigenvalue weighted by atomic mass is 32.1. The summed E-state index contributed by atoms with van der Waals surface area (Å²) in [5, 5.41) is 4.48. The number of thiophene rings is 1. The normalized spacial score (nSPS) is 10.5. The summed E-state index contributed by atoms with van der Waals surface area (Å²) in [4.78, 5) is 36.5. The molecule has 1 aromatic carbocycles. The number of rotatable bonds is 8. The molecule has 1 N–H and O–H groups in total. The summed E-state index contributed by atoms with van der Waals surface area (Å²) in [5.41, 5.74) is 1.09. The van der Waals surface area contributed by atoms with Crippen LogP contribution < -0.4 is 5.32 Å². The number of hydrogen-bond acceptors (Lipinski definition) is 7. The van der Waals surface area contributed by atoms with Crippen molar-refractivity contribution in [2.45, 2.75) is 13.3 Å². The van der Waals surface area contributed by atoms with E-state index in [1.165, 1.54) is 24.5 Å². The van der Waals surface area contributed by atoms with E-state index in [9.17, 15) is 18.8 Å². The molecule has 0 aliphatic rings. The summed E-state index contributed by atoms with van der Waals surface area (Å²) in [5.74, 6) is -1.92. The SMILES string of the molecule is CCOC(=O)c1c(-c2ccco2)csc1NC(=O)COC(=O)Cc1cccc(F)c1. The van der Waals surface area contributed by atoms with Crippen molar-refractivity contribution in [2.75, 3.05) is 18.5 Å². The van der Waals surface area contributed by atoms with Crippen LogP contribution in [-0.2, 0) is 25.5 Å². The highest BCUT2D eigenvalue weighted by molar-refractivity contribution is 7.15. The fourth-order valence-corrected chi connectivity index (χ4v) is 3.60. The topological polar surface area (TPSA) is 94.8 Å². The quantitative estimate of drug-likeness (QED) is 0.541. The van der Waals surface area contributed by atoms with Gasteiger partial charge in [-0.05, 0) is 36.8 Å². The summed E-state index contributed by atoms with van der Waals surface area (Å²) < 4.78 is 28.5. The zero-order chi connectivity index (χ0) is 21.5. The molecule has 9 heteroatoms. The molecule has 0 fully saturated rings. The van der Waals surface area contributed by atoms with Gasteiger partial charge in [0.15, 0.2) is 6.61 Å². The van der Waals surface area contributed by atoms with Crippen molar-refractivity contribution < 1.29 is 32.7 Å². The van der Waals surface area contributed by atoms with Gasteiger partial charge in [-0.25, -0.2) is 9.18 Å². The van der Waals surface area contributed by atoms with Gasteiger partial charge in [0.25, 0.3) is 5.91 Å². The monoisotopic (exact) mass is 431 g/mol. The first-order valence-electron chi connectivity index (χ1n) is 9.00. The minimum absolute atomic E-state index is 0.163. The molecule has 7 nitrogen and oxygen atoms in total. The second kappa shape index (κ2) is 9.84. The van der Waals surface area contributed by atoms with E-state index in [0.29, 0.717) is 16.9 Å². The first-order chi connectivity index (χ1) is 14.5. The summed E-state index contributed by atoms with van der Waals surface area (Å²) >= 11 is 1.12. The van der Waals surface area contributed by atoms with Gasteiger partial charge in [0.1, 0.15) is 22.1 Å². The maximum Gasteiger partial charge on any atom is 0.341 e. The highest BCUT2D eigenvalue weighted by Crippen LogP contribution is 2.36. The number of anilines is 1. The van der Waals surface area contributed by atoms with Crippen molar-refractivity contribution in [3.8, 4) is 11.3 Å². The number of hydrogen-bond donors (Lipinski definition) is 1. The van der Waals surface area contributed by atoms with Gasteiger partial charge < -0.3 is 19.2 Å². The first kappa shape index (κ1) is 21.3. The van der Waals surface area contributed by atoms with Crippen LogP contribution in [0.1, 0.15) is 22.8 Å². The van der Waals surface area contributed by atoms with Gasteiger partial charge in [-0.2, -0.15) is 0 Å². The Kier molecular flexibility index (Phi) is 6.97. The van der Waals surface area contributed by atoms with Gasteiger partial charge >= 0.3 is 11.9 Å². The molecule has 0 radical (unpaired) electrons. The molecule has 1 amide bonds. The second-order valence-electron chi connectivity index (χ2n) is 6.07. The van der Waals surface area contributed by atoms with Crippen LogP contribution in [0.25, 0.3) is 11.3 Å². The molecule has 0 spiro atoms. The number of esters is 2. The molecule has 3 rings (SSSR count). The number of ether oxygens (including phenoxy) is 2. The van der Waals surface area contributed by atoms with E-state index in [1.807, 2.05) is 0 Å². The van der Waals surface area contributed by atoms with Crippen LogP contribution >= 0.6 is 11.3 Å². The fourth-order valence-electron chi connectivity index (χ4n) is 2.64. The summed E-state index contributed by atoms with van der Waals surface area (Å²) in [6.45, 7) is 1.29. The number of carbonyl (C=O) groups is 3. The van der Waals surface area contributed by atoms with Gasteiger partial charge in [-0.1, -0.05) is 12.1 Å². The molecule has 0 aliphatic carbocycles. The molecule has 2 aromatic heterocycles. The van der Waals surface area contributed by atoms with Crippen LogP contribution in [-0.4, -0.2) is 31.1 Å². The molecule has 2 heterocycles. The number of amides is 1. The molecule has 156 valence electrons. The molecular weight excluding hydrogens is 413 g/mol. The van der Waals surface area contributed by atoms with Crippen molar-refractivity contribution in [3.05, 3.63) is 65.0 Å². The lowest BCUT2D eigenvalue weighted by Crippen LogP contribution is -2.22. The Hall–Kier alpha value is -3.46. The average molecular weight is 431 g/mol. The molecule has 0 bridgehead atoms. The van der Waals surface area contributed by atoms with Gasteiger partial charge in [-0.3, -0.25) is 9.59 Å². The van der Waals surface area contributed by atoms with Crippen molar-refractivity contribution >= 4 is 34.2 Å². The molecular formula is C21H18FNO6S. The Balaban J connectivity index is 1.64. The lowest BCUT2D eigenvalue weighted by atomic mass is 10.1. The van der Waals surface area contributed by atoms with Crippen LogP contribution in [0.4, 0.5) is 9.39 Å². The lowest BCUT2D eigenvalue weighted by Gasteiger charge is -2.08. The average Bonchev–Trinajstić information content (AvgIpc) is 3.36.